The van der Waals surface area contributed by atoms with Gasteiger partial charge in [0.05, 0.1) is 18.9 Å². The van der Waals surface area contributed by atoms with E-state index in [4.69, 9.17) is 10.5 Å². The summed E-state index contributed by atoms with van der Waals surface area (Å²) in [5.41, 5.74) is 5.50. The Labute approximate surface area is 116 Å². The first kappa shape index (κ1) is 13.8. The van der Waals surface area contributed by atoms with Crippen molar-refractivity contribution in [2.75, 3.05) is 19.0 Å². The second kappa shape index (κ2) is 6.00. The number of aromatic nitrogens is 4. The minimum absolute atomic E-state index is 0.300. The molecule has 0 aliphatic heterocycles. The Balaban J connectivity index is 2.41. The van der Waals surface area contributed by atoms with E-state index in [9.17, 15) is 4.79 Å². The average Bonchev–Trinajstić information content (AvgIpc) is 2.94. The van der Waals surface area contributed by atoms with Crippen molar-refractivity contribution in [3.05, 3.63) is 24.3 Å². The van der Waals surface area contributed by atoms with Crippen molar-refractivity contribution in [3.63, 3.8) is 0 Å². The molecular formula is C12H16N6O2. The summed E-state index contributed by atoms with van der Waals surface area (Å²) >= 11 is 0. The molecule has 0 fully saturated rings. The minimum Gasteiger partial charge on any atom is -0.490 e. The molecule has 0 aromatic carbocycles. The number of hydrogen-bond acceptors (Lipinski definition) is 6. The number of amides is 1. The zero-order valence-corrected chi connectivity index (χ0v) is 11.3. The number of methoxy groups -OCH3 is 1. The van der Waals surface area contributed by atoms with E-state index in [-0.39, 0.29) is 0 Å². The van der Waals surface area contributed by atoms with Crippen molar-refractivity contribution >= 4 is 11.7 Å². The minimum atomic E-state index is -0.548. The van der Waals surface area contributed by atoms with Gasteiger partial charge in [-0.05, 0) is 6.42 Å². The van der Waals surface area contributed by atoms with E-state index < -0.39 is 5.91 Å². The maximum Gasteiger partial charge on any atom is 0.251 e. The number of carbonyl (C=O) groups is 1. The van der Waals surface area contributed by atoms with Gasteiger partial charge in [-0.2, -0.15) is 5.10 Å². The quantitative estimate of drug-likeness (QED) is 0.799. The third-order valence-corrected chi connectivity index (χ3v) is 2.62. The van der Waals surface area contributed by atoms with Crippen molar-refractivity contribution in [3.8, 4) is 11.6 Å². The van der Waals surface area contributed by atoms with Crippen molar-refractivity contribution in [1.82, 2.24) is 19.7 Å². The Morgan fingerprint density at radius 2 is 2.30 bits per heavy atom. The van der Waals surface area contributed by atoms with Gasteiger partial charge in [-0.3, -0.25) is 4.79 Å². The Hall–Kier alpha value is -2.64. The maximum absolute atomic E-state index is 11.1. The van der Waals surface area contributed by atoms with Crippen molar-refractivity contribution < 1.29 is 9.53 Å². The molecule has 0 bridgehead atoms. The summed E-state index contributed by atoms with van der Waals surface area (Å²) in [5.74, 6) is 0.928. The number of nitrogens with two attached hydrogens (primary N) is 1. The Morgan fingerprint density at radius 1 is 1.50 bits per heavy atom. The molecule has 2 aromatic heterocycles. The number of primary amides is 1. The van der Waals surface area contributed by atoms with Gasteiger partial charge in [0, 0.05) is 12.7 Å². The lowest BCUT2D eigenvalue weighted by Gasteiger charge is -2.12. The molecule has 3 N–H and O–H groups in total. The molecule has 0 atom stereocenters. The largest absolute Gasteiger partial charge is 0.490 e. The van der Waals surface area contributed by atoms with Crippen LogP contribution in [0, 0.1) is 0 Å². The molecule has 2 heterocycles. The zero-order valence-electron chi connectivity index (χ0n) is 11.3. The van der Waals surface area contributed by atoms with E-state index >= 15 is 0 Å². The first-order chi connectivity index (χ1) is 9.67. The first-order valence-corrected chi connectivity index (χ1v) is 6.15. The van der Waals surface area contributed by atoms with Gasteiger partial charge >= 0.3 is 0 Å². The molecule has 2 rings (SSSR count). The molecule has 0 spiro atoms. The van der Waals surface area contributed by atoms with Crippen molar-refractivity contribution in [2.45, 2.75) is 13.3 Å². The second-order valence-electron chi connectivity index (χ2n) is 4.04. The summed E-state index contributed by atoms with van der Waals surface area (Å²) in [5, 5.41) is 7.20. The standard InChI is InChI=1S/C12H16N6O2/c1-3-4-14-11-9(20-2)12(16-7-15-11)18-6-8(5-17-18)10(13)19/h5-7H,3-4H2,1-2H3,(H2,13,19)(H,14,15,16). The molecule has 0 saturated heterocycles. The average molecular weight is 276 g/mol. The van der Waals surface area contributed by atoms with Crippen LogP contribution in [0.25, 0.3) is 5.82 Å². The summed E-state index contributed by atoms with van der Waals surface area (Å²) < 4.78 is 6.76. The highest BCUT2D eigenvalue weighted by Crippen LogP contribution is 2.27. The van der Waals surface area contributed by atoms with E-state index in [0.717, 1.165) is 13.0 Å². The topological polar surface area (TPSA) is 108 Å². The van der Waals surface area contributed by atoms with Crippen LogP contribution in [-0.4, -0.2) is 39.3 Å². The lowest BCUT2D eigenvalue weighted by Crippen LogP contribution is -2.10. The smallest absolute Gasteiger partial charge is 0.251 e. The van der Waals surface area contributed by atoms with Gasteiger partial charge in [0.25, 0.3) is 5.91 Å². The van der Waals surface area contributed by atoms with E-state index in [1.807, 2.05) is 6.92 Å². The monoisotopic (exact) mass is 276 g/mol. The van der Waals surface area contributed by atoms with Crippen LogP contribution in [0.5, 0.6) is 5.75 Å². The molecule has 0 aliphatic carbocycles. The fourth-order valence-corrected chi connectivity index (χ4v) is 1.65. The predicted octanol–water partition coefficient (Wildman–Crippen LogP) is 0.592. The maximum atomic E-state index is 11.1. The fourth-order valence-electron chi connectivity index (χ4n) is 1.65. The lowest BCUT2D eigenvalue weighted by molar-refractivity contribution is 0.100. The van der Waals surface area contributed by atoms with Gasteiger partial charge < -0.3 is 15.8 Å². The molecule has 2 aromatic rings. The third-order valence-electron chi connectivity index (χ3n) is 2.62. The van der Waals surface area contributed by atoms with Gasteiger partial charge in [0.2, 0.25) is 11.6 Å². The number of hydrogen-bond donors (Lipinski definition) is 2. The molecule has 8 nitrogen and oxygen atoms in total. The number of carbonyl (C=O) groups excluding carboxylic acids is 1. The summed E-state index contributed by atoms with van der Waals surface area (Å²) in [6.07, 6.45) is 5.23. The first-order valence-electron chi connectivity index (χ1n) is 6.15. The van der Waals surface area contributed by atoms with Crippen LogP contribution in [0.1, 0.15) is 23.7 Å². The van der Waals surface area contributed by atoms with Crippen LogP contribution in [0.2, 0.25) is 0 Å². The number of anilines is 1. The number of rotatable bonds is 6. The fraction of sp³-hybridized carbons (Fsp3) is 0.333. The van der Waals surface area contributed by atoms with Crippen LogP contribution in [-0.2, 0) is 0 Å². The number of nitrogens with one attached hydrogen (secondary N) is 1. The van der Waals surface area contributed by atoms with E-state index in [1.54, 1.807) is 0 Å². The third kappa shape index (κ3) is 2.68. The highest BCUT2D eigenvalue weighted by atomic mass is 16.5. The molecule has 0 unspecified atom stereocenters. The molecule has 20 heavy (non-hydrogen) atoms. The van der Waals surface area contributed by atoms with Crippen LogP contribution in [0.15, 0.2) is 18.7 Å². The van der Waals surface area contributed by atoms with Crippen LogP contribution >= 0.6 is 0 Å². The molecule has 1 amide bonds. The lowest BCUT2D eigenvalue weighted by atomic mass is 10.3. The van der Waals surface area contributed by atoms with Crippen molar-refractivity contribution in [1.29, 1.82) is 0 Å². The molecule has 0 aliphatic rings. The Morgan fingerprint density at radius 3 is 2.90 bits per heavy atom. The van der Waals surface area contributed by atoms with Gasteiger partial charge in [0.15, 0.2) is 5.82 Å². The predicted molar refractivity (Wildman–Crippen MR) is 73.0 cm³/mol. The highest BCUT2D eigenvalue weighted by Gasteiger charge is 2.15. The highest BCUT2D eigenvalue weighted by molar-refractivity contribution is 5.92. The van der Waals surface area contributed by atoms with E-state index in [2.05, 4.69) is 20.4 Å². The van der Waals surface area contributed by atoms with Gasteiger partial charge in [0.1, 0.15) is 6.33 Å². The Bertz CT molecular complexity index is 610. The molecule has 8 heteroatoms. The second-order valence-corrected chi connectivity index (χ2v) is 4.04. The number of nitrogens with zero attached hydrogens (tertiary/aromatic N) is 4. The van der Waals surface area contributed by atoms with Gasteiger partial charge in [-0.25, -0.2) is 14.6 Å². The molecule has 106 valence electrons. The van der Waals surface area contributed by atoms with Crippen LogP contribution < -0.4 is 15.8 Å². The normalized spacial score (nSPS) is 10.3. The zero-order chi connectivity index (χ0) is 14.5. The van der Waals surface area contributed by atoms with Gasteiger partial charge in [-0.1, -0.05) is 6.92 Å². The summed E-state index contributed by atoms with van der Waals surface area (Å²) in [6.45, 7) is 2.81. The number of ether oxygens (including phenoxy) is 1. The summed E-state index contributed by atoms with van der Waals surface area (Å²) in [7, 11) is 1.53. The summed E-state index contributed by atoms with van der Waals surface area (Å²) in [6, 6.07) is 0. The van der Waals surface area contributed by atoms with Crippen LogP contribution in [0.4, 0.5) is 5.82 Å². The van der Waals surface area contributed by atoms with Crippen molar-refractivity contribution in [2.24, 2.45) is 5.73 Å². The molecule has 0 radical (unpaired) electrons. The van der Waals surface area contributed by atoms with E-state index in [1.165, 1.54) is 30.5 Å². The van der Waals surface area contributed by atoms with Gasteiger partial charge in [-0.15, -0.1) is 0 Å². The summed E-state index contributed by atoms with van der Waals surface area (Å²) in [4.78, 5) is 19.4. The van der Waals surface area contributed by atoms with E-state index in [0.29, 0.717) is 22.9 Å². The molecule has 0 saturated carbocycles. The molecular weight excluding hydrogens is 260 g/mol. The van der Waals surface area contributed by atoms with Crippen LogP contribution in [0.3, 0.4) is 0 Å². The SMILES string of the molecule is CCCNc1ncnc(-n2cc(C(N)=O)cn2)c1OC. The Kier molecular flexibility index (Phi) is 4.14.